The maximum absolute atomic E-state index is 13.2. The second-order valence-corrected chi connectivity index (χ2v) is 4.69. The first kappa shape index (κ1) is 12.8. The van der Waals surface area contributed by atoms with Gasteiger partial charge in [0.1, 0.15) is 29.1 Å². The van der Waals surface area contributed by atoms with Gasteiger partial charge in [0, 0.05) is 10.9 Å². The Morgan fingerprint density at radius 3 is 2.35 bits per heavy atom. The highest BCUT2D eigenvalue weighted by Gasteiger charge is 2.20. The maximum atomic E-state index is 13.2. The third kappa shape index (κ3) is 2.08. The molecule has 2 aromatic carbocycles. The Kier molecular flexibility index (Phi) is 3.03. The highest BCUT2D eigenvalue weighted by molar-refractivity contribution is 5.82. The molecule has 1 heterocycles. The van der Waals surface area contributed by atoms with Crippen LogP contribution in [0.25, 0.3) is 11.0 Å². The first-order valence-corrected chi connectivity index (χ1v) is 6.18. The van der Waals surface area contributed by atoms with Crippen molar-refractivity contribution in [2.45, 2.75) is 13.0 Å². The lowest BCUT2D eigenvalue weighted by molar-refractivity contribution is 0.191. The van der Waals surface area contributed by atoms with Crippen molar-refractivity contribution in [3.63, 3.8) is 0 Å². The monoisotopic (exact) mass is 274 g/mol. The molecule has 0 spiro atoms. The third-order valence-electron chi connectivity index (χ3n) is 3.37. The summed E-state index contributed by atoms with van der Waals surface area (Å²) in [6.45, 7) is 1.76. The largest absolute Gasteiger partial charge is 0.458 e. The van der Waals surface area contributed by atoms with Gasteiger partial charge in [0.2, 0.25) is 0 Å². The summed E-state index contributed by atoms with van der Waals surface area (Å²) in [6.07, 6.45) is -1.01. The quantitative estimate of drug-likeness (QED) is 0.763. The van der Waals surface area contributed by atoms with Crippen LogP contribution in [0.1, 0.15) is 23.0 Å². The van der Waals surface area contributed by atoms with E-state index >= 15 is 0 Å². The molecular formula is C16H12F2O2. The van der Waals surface area contributed by atoms with E-state index in [1.807, 2.05) is 0 Å². The van der Waals surface area contributed by atoms with Crippen LogP contribution in [0.15, 0.2) is 46.9 Å². The molecule has 3 rings (SSSR count). The second-order valence-electron chi connectivity index (χ2n) is 4.69. The smallest absolute Gasteiger partial charge is 0.141 e. The number of hydrogen-bond donors (Lipinski definition) is 1. The lowest BCUT2D eigenvalue weighted by Crippen LogP contribution is -1.99. The predicted octanol–water partition coefficient (Wildman–Crippen LogP) is 4.10. The van der Waals surface area contributed by atoms with E-state index in [9.17, 15) is 13.9 Å². The Morgan fingerprint density at radius 1 is 1.00 bits per heavy atom. The fraction of sp³-hybridized carbons (Fsp3) is 0.125. The molecule has 0 aliphatic heterocycles. The van der Waals surface area contributed by atoms with Crippen molar-refractivity contribution in [2.75, 3.05) is 0 Å². The Hall–Kier alpha value is -2.20. The lowest BCUT2D eigenvalue weighted by atomic mass is 10.0. The molecule has 0 aliphatic carbocycles. The number of aryl methyl sites for hydroxylation is 1. The Bertz CT molecular complexity index is 760. The third-order valence-corrected chi connectivity index (χ3v) is 3.37. The van der Waals surface area contributed by atoms with Crippen LogP contribution in [-0.4, -0.2) is 5.11 Å². The molecule has 1 atom stereocenters. The van der Waals surface area contributed by atoms with Crippen molar-refractivity contribution in [1.29, 1.82) is 0 Å². The van der Waals surface area contributed by atoms with Crippen LogP contribution in [0.4, 0.5) is 8.78 Å². The van der Waals surface area contributed by atoms with Gasteiger partial charge in [-0.15, -0.1) is 0 Å². The molecule has 0 fully saturated rings. The Labute approximate surface area is 114 Å². The summed E-state index contributed by atoms with van der Waals surface area (Å²) in [5, 5.41) is 11.0. The molecule has 20 heavy (non-hydrogen) atoms. The van der Waals surface area contributed by atoms with Gasteiger partial charge in [-0.25, -0.2) is 8.78 Å². The maximum Gasteiger partial charge on any atom is 0.141 e. The average molecular weight is 274 g/mol. The van der Waals surface area contributed by atoms with Crippen molar-refractivity contribution < 1.29 is 18.3 Å². The highest BCUT2D eigenvalue weighted by atomic mass is 19.1. The molecule has 0 radical (unpaired) electrons. The molecule has 0 amide bonds. The Balaban J connectivity index is 2.09. The summed E-state index contributed by atoms with van der Waals surface area (Å²) >= 11 is 0. The van der Waals surface area contributed by atoms with E-state index in [4.69, 9.17) is 4.42 Å². The average Bonchev–Trinajstić information content (AvgIpc) is 2.76. The highest BCUT2D eigenvalue weighted by Crippen LogP contribution is 2.33. The van der Waals surface area contributed by atoms with Crippen LogP contribution in [0, 0.1) is 18.6 Å². The standard InChI is InChI=1S/C16H12F2O2/c1-9-13-8-12(18)6-7-14(13)20-16(9)15(19)10-2-4-11(17)5-3-10/h2-8,15,19H,1H3. The van der Waals surface area contributed by atoms with E-state index in [0.29, 0.717) is 27.9 Å². The van der Waals surface area contributed by atoms with Gasteiger partial charge >= 0.3 is 0 Å². The molecule has 1 N–H and O–H groups in total. The topological polar surface area (TPSA) is 33.4 Å². The van der Waals surface area contributed by atoms with Gasteiger partial charge in [0.25, 0.3) is 0 Å². The van der Waals surface area contributed by atoms with E-state index in [-0.39, 0.29) is 11.6 Å². The molecule has 2 nitrogen and oxygen atoms in total. The molecule has 4 heteroatoms. The van der Waals surface area contributed by atoms with Crippen LogP contribution in [0.3, 0.4) is 0 Å². The van der Waals surface area contributed by atoms with E-state index in [0.717, 1.165) is 0 Å². The van der Waals surface area contributed by atoms with Gasteiger partial charge < -0.3 is 9.52 Å². The summed E-state index contributed by atoms with van der Waals surface area (Å²) in [5.74, 6) is -0.384. The van der Waals surface area contributed by atoms with E-state index < -0.39 is 6.10 Å². The van der Waals surface area contributed by atoms with Crippen LogP contribution in [-0.2, 0) is 0 Å². The number of fused-ring (bicyclic) bond motifs is 1. The molecule has 1 unspecified atom stereocenters. The lowest BCUT2D eigenvalue weighted by Gasteiger charge is -2.09. The van der Waals surface area contributed by atoms with Gasteiger partial charge in [-0.2, -0.15) is 0 Å². The van der Waals surface area contributed by atoms with Crippen molar-refractivity contribution in [2.24, 2.45) is 0 Å². The van der Waals surface area contributed by atoms with Crippen molar-refractivity contribution in [3.05, 3.63) is 71.0 Å². The zero-order chi connectivity index (χ0) is 14.3. The molecule has 0 bridgehead atoms. The number of hydrogen-bond acceptors (Lipinski definition) is 2. The zero-order valence-corrected chi connectivity index (χ0v) is 10.7. The SMILES string of the molecule is Cc1c(C(O)c2ccc(F)cc2)oc2ccc(F)cc12. The Morgan fingerprint density at radius 2 is 1.65 bits per heavy atom. The van der Waals surface area contributed by atoms with Gasteiger partial charge in [0.15, 0.2) is 0 Å². The summed E-state index contributed by atoms with van der Waals surface area (Å²) in [4.78, 5) is 0. The van der Waals surface area contributed by atoms with Crippen LogP contribution in [0.2, 0.25) is 0 Å². The van der Waals surface area contributed by atoms with Crippen molar-refractivity contribution >= 4 is 11.0 Å². The molecular weight excluding hydrogens is 262 g/mol. The van der Waals surface area contributed by atoms with Crippen molar-refractivity contribution in [1.82, 2.24) is 0 Å². The fourth-order valence-corrected chi connectivity index (χ4v) is 2.27. The number of aliphatic hydroxyl groups excluding tert-OH is 1. The van der Waals surface area contributed by atoms with Crippen molar-refractivity contribution in [3.8, 4) is 0 Å². The number of aliphatic hydroxyl groups is 1. The molecule has 102 valence electrons. The molecule has 1 aromatic heterocycles. The van der Waals surface area contributed by atoms with Gasteiger partial charge in [0.05, 0.1) is 0 Å². The first-order valence-electron chi connectivity index (χ1n) is 6.18. The summed E-state index contributed by atoms with van der Waals surface area (Å²) in [6, 6.07) is 9.74. The van der Waals surface area contributed by atoms with Crippen LogP contribution >= 0.6 is 0 Å². The zero-order valence-electron chi connectivity index (χ0n) is 10.7. The summed E-state index contributed by atoms with van der Waals surface area (Å²) in [7, 11) is 0. The molecule has 3 aromatic rings. The minimum absolute atomic E-state index is 0.345. The van der Waals surface area contributed by atoms with Gasteiger partial charge in [-0.3, -0.25) is 0 Å². The van der Waals surface area contributed by atoms with Crippen LogP contribution in [0.5, 0.6) is 0 Å². The number of benzene rings is 2. The minimum atomic E-state index is -1.01. The molecule has 0 saturated heterocycles. The predicted molar refractivity (Wildman–Crippen MR) is 71.4 cm³/mol. The normalized spacial score (nSPS) is 12.8. The summed E-state index contributed by atoms with van der Waals surface area (Å²) in [5.41, 5.74) is 1.71. The van der Waals surface area contributed by atoms with Crippen LogP contribution < -0.4 is 0 Å². The van der Waals surface area contributed by atoms with E-state index in [2.05, 4.69) is 0 Å². The number of rotatable bonds is 2. The fourth-order valence-electron chi connectivity index (χ4n) is 2.27. The molecule has 0 saturated carbocycles. The second kappa shape index (κ2) is 4.72. The number of halogens is 2. The van der Waals surface area contributed by atoms with Gasteiger partial charge in [-0.05, 0) is 42.8 Å². The minimum Gasteiger partial charge on any atom is -0.458 e. The van der Waals surface area contributed by atoms with E-state index in [1.165, 1.54) is 42.5 Å². The first-order chi connectivity index (χ1) is 9.56. The van der Waals surface area contributed by atoms with E-state index in [1.54, 1.807) is 6.92 Å². The molecule has 0 aliphatic rings. The number of furan rings is 1. The van der Waals surface area contributed by atoms with Gasteiger partial charge in [-0.1, -0.05) is 12.1 Å². The summed E-state index contributed by atoms with van der Waals surface area (Å²) < 4.78 is 31.7.